The minimum Gasteiger partial charge on any atom is -0.325 e. The molecule has 0 unspecified atom stereocenters. The Morgan fingerprint density at radius 2 is 1.68 bits per heavy atom. The zero-order valence-electron chi connectivity index (χ0n) is 15.9. The molecule has 31 heavy (non-hydrogen) atoms. The molecule has 4 aromatic rings. The molecule has 0 atom stereocenters. The summed E-state index contributed by atoms with van der Waals surface area (Å²) in [5.74, 6) is -1.32. The Morgan fingerprint density at radius 1 is 0.903 bits per heavy atom. The third kappa shape index (κ3) is 5.44. The van der Waals surface area contributed by atoms with E-state index >= 15 is 0 Å². The summed E-state index contributed by atoms with van der Waals surface area (Å²) in [6, 6.07) is 16.3. The Morgan fingerprint density at radius 3 is 2.45 bits per heavy atom. The first-order chi connectivity index (χ1) is 15.0. The van der Waals surface area contributed by atoms with Crippen LogP contribution in [0.3, 0.4) is 0 Å². The molecule has 1 aromatic heterocycles. The largest absolute Gasteiger partial charge is 0.325 e. The summed E-state index contributed by atoms with van der Waals surface area (Å²) in [5.41, 5.74) is 2.06. The Bertz CT molecular complexity index is 1260. The lowest BCUT2D eigenvalue weighted by Gasteiger charge is -2.05. The highest BCUT2D eigenvalue weighted by Gasteiger charge is 2.11. The van der Waals surface area contributed by atoms with E-state index in [4.69, 9.17) is 0 Å². The van der Waals surface area contributed by atoms with Crippen LogP contribution in [0, 0.1) is 11.6 Å². The molecule has 0 bridgehead atoms. The average Bonchev–Trinajstić information content (AvgIpc) is 3.16. The van der Waals surface area contributed by atoms with Gasteiger partial charge in [0, 0.05) is 16.9 Å². The van der Waals surface area contributed by atoms with E-state index in [9.17, 15) is 18.4 Å². The van der Waals surface area contributed by atoms with Crippen molar-refractivity contribution in [3.05, 3.63) is 83.9 Å². The molecule has 0 aliphatic carbocycles. The van der Waals surface area contributed by atoms with Crippen molar-refractivity contribution in [2.45, 2.75) is 4.34 Å². The maximum absolute atomic E-state index is 13.3. The van der Waals surface area contributed by atoms with Gasteiger partial charge in [-0.05, 0) is 60.7 Å². The molecule has 4 rings (SSSR count). The fraction of sp³-hybridized carbons (Fsp3) is 0.0455. The van der Waals surface area contributed by atoms with Crippen molar-refractivity contribution in [3.8, 4) is 0 Å². The van der Waals surface area contributed by atoms with Crippen LogP contribution in [0.5, 0.6) is 0 Å². The number of benzene rings is 3. The average molecular weight is 456 g/mol. The Kier molecular flexibility index (Phi) is 6.24. The molecule has 156 valence electrons. The van der Waals surface area contributed by atoms with Gasteiger partial charge in [-0.25, -0.2) is 13.8 Å². The lowest BCUT2D eigenvalue weighted by molar-refractivity contribution is -0.113. The number of carbonyl (C=O) groups is 2. The van der Waals surface area contributed by atoms with Crippen LogP contribution in [0.15, 0.2) is 71.1 Å². The van der Waals surface area contributed by atoms with Crippen molar-refractivity contribution in [1.82, 2.24) is 4.98 Å². The summed E-state index contributed by atoms with van der Waals surface area (Å²) in [6.07, 6.45) is 0. The number of hydrogen-bond acceptors (Lipinski definition) is 5. The van der Waals surface area contributed by atoms with Gasteiger partial charge in [0.15, 0.2) is 4.34 Å². The fourth-order valence-electron chi connectivity index (χ4n) is 2.73. The third-order valence-electron chi connectivity index (χ3n) is 4.17. The molecular weight excluding hydrogens is 440 g/mol. The number of rotatable bonds is 6. The summed E-state index contributed by atoms with van der Waals surface area (Å²) in [4.78, 5) is 28.9. The van der Waals surface area contributed by atoms with Crippen molar-refractivity contribution in [1.29, 1.82) is 0 Å². The first-order valence-corrected chi connectivity index (χ1v) is 10.9. The fourth-order valence-corrected chi connectivity index (χ4v) is 4.64. The zero-order chi connectivity index (χ0) is 21.8. The van der Waals surface area contributed by atoms with E-state index in [0.29, 0.717) is 15.7 Å². The van der Waals surface area contributed by atoms with Crippen LogP contribution >= 0.6 is 23.1 Å². The molecule has 5 nitrogen and oxygen atoms in total. The molecular formula is C22H15F2N3O2S2. The van der Waals surface area contributed by atoms with Gasteiger partial charge in [-0.2, -0.15) is 0 Å². The molecule has 2 N–H and O–H groups in total. The predicted octanol–water partition coefficient (Wildman–Crippen LogP) is 5.56. The van der Waals surface area contributed by atoms with Crippen LogP contribution in [0.2, 0.25) is 0 Å². The number of anilines is 2. The number of nitrogens with one attached hydrogen (secondary N) is 2. The summed E-state index contributed by atoms with van der Waals surface area (Å²) < 4.78 is 27.8. The minimum atomic E-state index is -0.476. The van der Waals surface area contributed by atoms with Crippen molar-refractivity contribution < 1.29 is 18.4 Å². The number of thioether (sulfide) groups is 1. The van der Waals surface area contributed by atoms with Crippen molar-refractivity contribution in [3.63, 3.8) is 0 Å². The van der Waals surface area contributed by atoms with Gasteiger partial charge in [0.1, 0.15) is 11.6 Å². The van der Waals surface area contributed by atoms with E-state index in [-0.39, 0.29) is 23.0 Å². The molecule has 0 aliphatic rings. The van der Waals surface area contributed by atoms with E-state index in [1.165, 1.54) is 71.6 Å². The first-order valence-electron chi connectivity index (χ1n) is 9.12. The maximum atomic E-state index is 13.3. The van der Waals surface area contributed by atoms with Gasteiger partial charge in [-0.15, -0.1) is 11.3 Å². The van der Waals surface area contributed by atoms with Gasteiger partial charge >= 0.3 is 0 Å². The smallest absolute Gasteiger partial charge is 0.255 e. The first kappa shape index (κ1) is 21.0. The number of amides is 2. The number of hydrogen-bond donors (Lipinski definition) is 2. The van der Waals surface area contributed by atoms with Crippen LogP contribution in [0.1, 0.15) is 10.4 Å². The van der Waals surface area contributed by atoms with Gasteiger partial charge in [-0.3, -0.25) is 9.59 Å². The molecule has 0 saturated carbocycles. The number of halogens is 2. The highest BCUT2D eigenvalue weighted by molar-refractivity contribution is 8.01. The second kappa shape index (κ2) is 9.23. The maximum Gasteiger partial charge on any atom is 0.255 e. The van der Waals surface area contributed by atoms with E-state index in [2.05, 4.69) is 15.6 Å². The van der Waals surface area contributed by atoms with Gasteiger partial charge < -0.3 is 10.6 Å². The molecule has 0 saturated heterocycles. The molecule has 2 amide bonds. The number of carbonyl (C=O) groups excluding carboxylic acids is 2. The zero-order valence-corrected chi connectivity index (χ0v) is 17.5. The second-order valence-corrected chi connectivity index (χ2v) is 8.72. The van der Waals surface area contributed by atoms with Gasteiger partial charge in [0.25, 0.3) is 5.91 Å². The van der Waals surface area contributed by atoms with Crippen LogP contribution in [-0.4, -0.2) is 22.6 Å². The topological polar surface area (TPSA) is 71.1 Å². The van der Waals surface area contributed by atoms with Crippen LogP contribution in [-0.2, 0) is 4.79 Å². The quantitative estimate of drug-likeness (QED) is 0.374. The Labute approximate surface area is 184 Å². The highest BCUT2D eigenvalue weighted by Crippen LogP contribution is 2.31. The van der Waals surface area contributed by atoms with Crippen molar-refractivity contribution in [2.75, 3.05) is 16.4 Å². The second-order valence-electron chi connectivity index (χ2n) is 6.47. The molecule has 0 spiro atoms. The van der Waals surface area contributed by atoms with E-state index in [1.807, 2.05) is 0 Å². The third-order valence-corrected chi connectivity index (χ3v) is 6.33. The monoisotopic (exact) mass is 455 g/mol. The van der Waals surface area contributed by atoms with Crippen LogP contribution < -0.4 is 10.6 Å². The number of aromatic nitrogens is 1. The van der Waals surface area contributed by atoms with Gasteiger partial charge in [-0.1, -0.05) is 17.8 Å². The minimum absolute atomic E-state index is 0.153. The van der Waals surface area contributed by atoms with Crippen molar-refractivity contribution in [2.24, 2.45) is 0 Å². The number of fused-ring (bicyclic) bond motifs is 1. The standard InChI is InChI=1S/C22H15F2N3O2S2/c23-14-4-6-16(7-5-14)25-20(28)12-30-22-27-18-9-8-17(11-19(18)31-22)26-21(29)13-2-1-3-15(24)10-13/h1-11H,12H2,(H,25,28)(H,26,29). The lowest BCUT2D eigenvalue weighted by Crippen LogP contribution is -2.13. The number of thiazole rings is 1. The SMILES string of the molecule is O=C(CSc1nc2ccc(NC(=O)c3cccc(F)c3)cc2s1)Nc1ccc(F)cc1. The van der Waals surface area contributed by atoms with E-state index in [0.717, 1.165) is 10.2 Å². The lowest BCUT2D eigenvalue weighted by atomic mass is 10.2. The summed E-state index contributed by atoms with van der Waals surface area (Å²) in [5, 5.41) is 5.44. The Balaban J connectivity index is 1.38. The van der Waals surface area contributed by atoms with Gasteiger partial charge in [0.05, 0.1) is 16.0 Å². The summed E-state index contributed by atoms with van der Waals surface area (Å²) in [7, 11) is 0. The van der Waals surface area contributed by atoms with Crippen LogP contribution in [0.4, 0.5) is 20.2 Å². The molecule has 0 fully saturated rings. The van der Waals surface area contributed by atoms with Crippen molar-refractivity contribution >= 4 is 56.5 Å². The van der Waals surface area contributed by atoms with Crippen LogP contribution in [0.25, 0.3) is 10.2 Å². The summed E-state index contributed by atoms with van der Waals surface area (Å²) in [6.45, 7) is 0. The van der Waals surface area contributed by atoms with E-state index < -0.39 is 11.7 Å². The van der Waals surface area contributed by atoms with Gasteiger partial charge in [0.2, 0.25) is 5.91 Å². The normalized spacial score (nSPS) is 10.8. The Hall–Kier alpha value is -3.30. The summed E-state index contributed by atoms with van der Waals surface area (Å²) >= 11 is 2.69. The molecule has 0 aliphatic heterocycles. The highest BCUT2D eigenvalue weighted by atomic mass is 32.2. The molecule has 1 heterocycles. The predicted molar refractivity (Wildman–Crippen MR) is 120 cm³/mol. The van der Waals surface area contributed by atoms with E-state index in [1.54, 1.807) is 18.2 Å². The number of nitrogens with zero attached hydrogens (tertiary/aromatic N) is 1. The molecule has 3 aromatic carbocycles. The molecule has 9 heteroatoms. The molecule has 0 radical (unpaired) electrons.